The quantitative estimate of drug-likeness (QED) is 0.633. The number of halogens is 2. The Morgan fingerprint density at radius 3 is 2.38 bits per heavy atom. The first-order valence-corrected chi connectivity index (χ1v) is 10.9. The molecule has 3 rings (SSSR count). The van der Waals surface area contributed by atoms with Crippen molar-refractivity contribution in [3.63, 3.8) is 0 Å². The lowest BCUT2D eigenvalue weighted by molar-refractivity contribution is 0.1000. The van der Waals surface area contributed by atoms with Crippen molar-refractivity contribution in [3.05, 3.63) is 43.7 Å². The van der Waals surface area contributed by atoms with E-state index in [0.717, 1.165) is 29.7 Å². The number of primary amides is 1. The zero-order valence-electron chi connectivity index (χ0n) is 16.8. The Morgan fingerprint density at radius 2 is 1.86 bits per heavy atom. The summed E-state index contributed by atoms with van der Waals surface area (Å²) in [4.78, 5) is 26.1. The molecule has 0 spiro atoms. The minimum Gasteiger partial charge on any atom is -0.494 e. The number of hydrogen-bond acceptors (Lipinski definition) is 4. The number of carbonyl (C=O) groups is 2. The second-order valence-corrected chi connectivity index (χ2v) is 10.2. The SMILES string of the molecule is COc1c(Cl)cc(C(=O)Nc2sc3c(c2C(N)=O)CC[C@@H](C(C)(C)C)C3)cc1Cl. The summed E-state index contributed by atoms with van der Waals surface area (Å²) in [5, 5.41) is 3.78. The van der Waals surface area contributed by atoms with Crippen molar-refractivity contribution in [3.8, 4) is 5.75 Å². The smallest absolute Gasteiger partial charge is 0.256 e. The van der Waals surface area contributed by atoms with Gasteiger partial charge in [0.15, 0.2) is 5.75 Å². The lowest BCUT2D eigenvalue weighted by Gasteiger charge is -2.33. The molecule has 8 heteroatoms. The van der Waals surface area contributed by atoms with Crippen molar-refractivity contribution in [2.45, 2.75) is 40.0 Å². The van der Waals surface area contributed by atoms with Crippen molar-refractivity contribution < 1.29 is 14.3 Å². The first-order chi connectivity index (χ1) is 13.5. The fraction of sp³-hybridized carbons (Fsp3) is 0.429. The third-order valence-corrected chi connectivity index (χ3v) is 7.16. The number of rotatable bonds is 4. The Hall–Kier alpha value is -1.76. The van der Waals surface area contributed by atoms with E-state index in [0.29, 0.717) is 22.2 Å². The van der Waals surface area contributed by atoms with E-state index < -0.39 is 11.8 Å². The van der Waals surface area contributed by atoms with E-state index in [1.807, 2.05) is 0 Å². The third kappa shape index (κ3) is 4.39. The van der Waals surface area contributed by atoms with Gasteiger partial charge in [-0.15, -0.1) is 11.3 Å². The number of amides is 2. The van der Waals surface area contributed by atoms with Crippen LogP contribution in [0.25, 0.3) is 0 Å². The number of thiophene rings is 1. The molecule has 0 radical (unpaired) electrons. The van der Waals surface area contributed by atoms with Gasteiger partial charge in [-0.25, -0.2) is 0 Å². The van der Waals surface area contributed by atoms with Crippen molar-refractivity contribution in [2.24, 2.45) is 17.1 Å². The van der Waals surface area contributed by atoms with E-state index in [-0.39, 0.29) is 21.0 Å². The average Bonchev–Trinajstić information content (AvgIpc) is 2.97. The summed E-state index contributed by atoms with van der Waals surface area (Å²) in [6, 6.07) is 2.96. The number of fused-ring (bicyclic) bond motifs is 1. The monoisotopic (exact) mass is 454 g/mol. The Kier molecular flexibility index (Phi) is 6.18. The Morgan fingerprint density at radius 1 is 1.24 bits per heavy atom. The molecule has 1 aromatic heterocycles. The maximum absolute atomic E-state index is 12.8. The van der Waals surface area contributed by atoms with Crippen LogP contribution in [0.3, 0.4) is 0 Å². The van der Waals surface area contributed by atoms with Crippen LogP contribution in [-0.4, -0.2) is 18.9 Å². The first-order valence-electron chi connectivity index (χ1n) is 9.31. The van der Waals surface area contributed by atoms with Crippen LogP contribution in [0.15, 0.2) is 12.1 Å². The lowest BCUT2D eigenvalue weighted by atomic mass is 9.72. The van der Waals surface area contributed by atoms with Gasteiger partial charge in [-0.3, -0.25) is 9.59 Å². The topological polar surface area (TPSA) is 81.4 Å². The molecular formula is C21H24Cl2N2O3S. The molecule has 0 saturated carbocycles. The van der Waals surface area contributed by atoms with Gasteiger partial charge in [0.05, 0.1) is 22.7 Å². The molecule has 2 amide bonds. The maximum Gasteiger partial charge on any atom is 0.256 e. The molecule has 0 aliphatic heterocycles. The summed E-state index contributed by atoms with van der Waals surface area (Å²) in [6.45, 7) is 6.68. The highest BCUT2D eigenvalue weighted by atomic mass is 35.5. The van der Waals surface area contributed by atoms with E-state index in [1.54, 1.807) is 0 Å². The molecule has 0 unspecified atom stereocenters. The van der Waals surface area contributed by atoms with Crippen molar-refractivity contribution in [1.82, 2.24) is 0 Å². The van der Waals surface area contributed by atoms with Crippen LogP contribution in [-0.2, 0) is 12.8 Å². The van der Waals surface area contributed by atoms with Gasteiger partial charge in [0.2, 0.25) is 0 Å². The molecular weight excluding hydrogens is 431 g/mol. The molecule has 5 nitrogen and oxygen atoms in total. The summed E-state index contributed by atoms with van der Waals surface area (Å²) in [6.07, 6.45) is 2.65. The van der Waals surface area contributed by atoms with E-state index >= 15 is 0 Å². The molecule has 29 heavy (non-hydrogen) atoms. The van der Waals surface area contributed by atoms with Gasteiger partial charge in [0, 0.05) is 10.4 Å². The lowest BCUT2D eigenvalue weighted by Crippen LogP contribution is -2.27. The fourth-order valence-corrected chi connectivity index (χ4v) is 5.70. The number of benzene rings is 1. The maximum atomic E-state index is 12.8. The number of carbonyl (C=O) groups excluding carboxylic acids is 2. The number of nitrogens with one attached hydrogen (secondary N) is 1. The largest absolute Gasteiger partial charge is 0.494 e. The van der Waals surface area contributed by atoms with E-state index in [9.17, 15) is 9.59 Å². The Labute approximate surface area is 184 Å². The van der Waals surface area contributed by atoms with Gasteiger partial charge in [0.1, 0.15) is 5.00 Å². The fourth-order valence-electron chi connectivity index (χ4n) is 3.74. The predicted octanol–water partition coefficient (Wildman–Crippen LogP) is 5.57. The van der Waals surface area contributed by atoms with E-state index in [2.05, 4.69) is 26.1 Å². The van der Waals surface area contributed by atoms with Crippen molar-refractivity contribution in [2.75, 3.05) is 12.4 Å². The molecule has 1 aliphatic carbocycles. The minimum absolute atomic E-state index is 0.175. The van der Waals surface area contributed by atoms with Crippen LogP contribution in [0.2, 0.25) is 10.0 Å². The van der Waals surface area contributed by atoms with Gasteiger partial charge in [-0.1, -0.05) is 44.0 Å². The highest BCUT2D eigenvalue weighted by Crippen LogP contribution is 2.44. The van der Waals surface area contributed by atoms with Gasteiger partial charge in [-0.05, 0) is 48.3 Å². The minimum atomic E-state index is -0.530. The molecule has 1 atom stereocenters. The number of anilines is 1. The third-order valence-electron chi connectivity index (χ3n) is 5.43. The van der Waals surface area contributed by atoms with Crippen LogP contribution < -0.4 is 15.8 Å². The molecule has 0 bridgehead atoms. The zero-order valence-corrected chi connectivity index (χ0v) is 19.1. The first kappa shape index (κ1) is 21.9. The molecule has 0 fully saturated rings. The normalized spacial score (nSPS) is 16.3. The summed E-state index contributed by atoms with van der Waals surface area (Å²) in [5.74, 6) is -0.123. The molecule has 1 aliphatic rings. The highest BCUT2D eigenvalue weighted by Gasteiger charge is 2.33. The molecule has 156 valence electrons. The van der Waals surface area contributed by atoms with Gasteiger partial charge in [-0.2, -0.15) is 0 Å². The van der Waals surface area contributed by atoms with E-state index in [1.165, 1.54) is 30.6 Å². The standard InChI is InChI=1S/C21H24Cl2N2O3S/c1-21(2,3)11-5-6-12-15(9-11)29-20(16(12)18(24)26)25-19(27)10-7-13(22)17(28-4)14(23)8-10/h7-8,11H,5-6,9H2,1-4H3,(H2,24,26)(H,25,27)/t11-/m1/s1. The average molecular weight is 455 g/mol. The second kappa shape index (κ2) is 8.17. The molecule has 2 aromatic rings. The Bertz CT molecular complexity index is 956. The van der Waals surface area contributed by atoms with Crippen LogP contribution in [0.4, 0.5) is 5.00 Å². The predicted molar refractivity (Wildman–Crippen MR) is 119 cm³/mol. The second-order valence-electron chi connectivity index (χ2n) is 8.31. The molecule has 0 saturated heterocycles. The molecule has 1 heterocycles. The highest BCUT2D eigenvalue weighted by molar-refractivity contribution is 7.17. The molecule has 3 N–H and O–H groups in total. The van der Waals surface area contributed by atoms with Crippen LogP contribution >= 0.6 is 34.5 Å². The zero-order chi connectivity index (χ0) is 21.5. The van der Waals surface area contributed by atoms with E-state index in [4.69, 9.17) is 33.7 Å². The van der Waals surface area contributed by atoms with Gasteiger partial charge >= 0.3 is 0 Å². The number of hydrogen-bond donors (Lipinski definition) is 2. The summed E-state index contributed by atoms with van der Waals surface area (Å²) < 4.78 is 5.12. The summed E-state index contributed by atoms with van der Waals surface area (Å²) in [5.41, 5.74) is 7.49. The van der Waals surface area contributed by atoms with Gasteiger partial charge in [0.25, 0.3) is 11.8 Å². The van der Waals surface area contributed by atoms with Gasteiger partial charge < -0.3 is 15.8 Å². The van der Waals surface area contributed by atoms with Crippen LogP contribution in [0.1, 0.15) is 58.3 Å². The van der Waals surface area contributed by atoms with Crippen molar-refractivity contribution in [1.29, 1.82) is 0 Å². The number of nitrogens with two attached hydrogens (primary N) is 1. The summed E-state index contributed by atoms with van der Waals surface area (Å²) >= 11 is 13.7. The molecule has 1 aromatic carbocycles. The number of methoxy groups -OCH3 is 1. The van der Waals surface area contributed by atoms with Crippen molar-refractivity contribution >= 4 is 51.4 Å². The Balaban J connectivity index is 1.93. The number of ether oxygens (including phenoxy) is 1. The van der Waals surface area contributed by atoms with Crippen LogP contribution in [0, 0.1) is 11.3 Å². The van der Waals surface area contributed by atoms with Crippen LogP contribution in [0.5, 0.6) is 5.75 Å². The summed E-state index contributed by atoms with van der Waals surface area (Å²) in [7, 11) is 1.45.